The SMILES string of the molecule is CN(C)c1ccccc1NC(=O)c1ccccc1F. The van der Waals surface area contributed by atoms with Crippen LogP contribution in [0.2, 0.25) is 0 Å². The van der Waals surface area contributed by atoms with E-state index in [0.717, 1.165) is 5.69 Å². The molecule has 0 saturated carbocycles. The number of carbonyl (C=O) groups excluding carboxylic acids is 1. The number of hydrogen-bond acceptors (Lipinski definition) is 2. The van der Waals surface area contributed by atoms with Crippen LogP contribution < -0.4 is 10.2 Å². The van der Waals surface area contributed by atoms with Crippen LogP contribution in [0, 0.1) is 5.82 Å². The lowest BCUT2D eigenvalue weighted by Crippen LogP contribution is -2.17. The first kappa shape index (κ1) is 13.1. The van der Waals surface area contributed by atoms with E-state index >= 15 is 0 Å². The fraction of sp³-hybridized carbons (Fsp3) is 0.133. The van der Waals surface area contributed by atoms with Gasteiger partial charge >= 0.3 is 0 Å². The molecule has 3 nitrogen and oxygen atoms in total. The van der Waals surface area contributed by atoms with E-state index in [0.29, 0.717) is 5.69 Å². The summed E-state index contributed by atoms with van der Waals surface area (Å²) in [6.45, 7) is 0. The lowest BCUT2D eigenvalue weighted by Gasteiger charge is -2.17. The van der Waals surface area contributed by atoms with Crippen LogP contribution in [-0.2, 0) is 0 Å². The third-order valence-corrected chi connectivity index (χ3v) is 2.75. The van der Waals surface area contributed by atoms with Crippen molar-refractivity contribution in [1.29, 1.82) is 0 Å². The fourth-order valence-corrected chi connectivity index (χ4v) is 1.80. The third-order valence-electron chi connectivity index (χ3n) is 2.75. The highest BCUT2D eigenvalue weighted by Crippen LogP contribution is 2.24. The predicted molar refractivity (Wildman–Crippen MR) is 75.1 cm³/mol. The van der Waals surface area contributed by atoms with Gasteiger partial charge in [-0.1, -0.05) is 24.3 Å². The number of para-hydroxylation sites is 2. The molecule has 0 unspecified atom stereocenters. The zero-order valence-electron chi connectivity index (χ0n) is 10.9. The highest BCUT2D eigenvalue weighted by atomic mass is 19.1. The van der Waals surface area contributed by atoms with Crippen molar-refractivity contribution in [1.82, 2.24) is 0 Å². The monoisotopic (exact) mass is 258 g/mol. The van der Waals surface area contributed by atoms with Crippen LogP contribution in [0.3, 0.4) is 0 Å². The molecule has 0 bridgehead atoms. The molecule has 98 valence electrons. The average Bonchev–Trinajstić information content (AvgIpc) is 2.39. The minimum atomic E-state index is -0.526. The summed E-state index contributed by atoms with van der Waals surface area (Å²) in [6.07, 6.45) is 0. The van der Waals surface area contributed by atoms with Gasteiger partial charge in [0.1, 0.15) is 5.82 Å². The summed E-state index contributed by atoms with van der Waals surface area (Å²) in [5.41, 5.74) is 1.56. The van der Waals surface area contributed by atoms with Crippen LogP contribution in [0.15, 0.2) is 48.5 Å². The number of anilines is 2. The largest absolute Gasteiger partial charge is 0.376 e. The molecule has 19 heavy (non-hydrogen) atoms. The second-order valence-corrected chi connectivity index (χ2v) is 4.35. The Balaban J connectivity index is 2.27. The summed E-state index contributed by atoms with van der Waals surface area (Å²) in [4.78, 5) is 13.9. The van der Waals surface area contributed by atoms with E-state index in [1.807, 2.05) is 37.2 Å². The molecule has 0 aliphatic carbocycles. The van der Waals surface area contributed by atoms with Crippen molar-refractivity contribution < 1.29 is 9.18 Å². The minimum absolute atomic E-state index is 0.0380. The molecule has 1 N–H and O–H groups in total. The van der Waals surface area contributed by atoms with E-state index in [2.05, 4.69) is 5.32 Å². The Morgan fingerprint density at radius 2 is 1.68 bits per heavy atom. The first-order chi connectivity index (χ1) is 9.09. The summed E-state index contributed by atoms with van der Waals surface area (Å²) in [5, 5.41) is 2.73. The number of rotatable bonds is 3. The maximum atomic E-state index is 13.5. The van der Waals surface area contributed by atoms with Crippen molar-refractivity contribution in [2.45, 2.75) is 0 Å². The number of nitrogens with one attached hydrogen (secondary N) is 1. The van der Waals surface area contributed by atoms with E-state index in [-0.39, 0.29) is 5.56 Å². The second-order valence-electron chi connectivity index (χ2n) is 4.35. The Morgan fingerprint density at radius 3 is 2.37 bits per heavy atom. The highest BCUT2D eigenvalue weighted by Gasteiger charge is 2.13. The summed E-state index contributed by atoms with van der Waals surface area (Å²) in [7, 11) is 3.77. The number of amides is 1. The highest BCUT2D eigenvalue weighted by molar-refractivity contribution is 6.06. The maximum Gasteiger partial charge on any atom is 0.258 e. The van der Waals surface area contributed by atoms with Crippen molar-refractivity contribution in [3.05, 3.63) is 59.9 Å². The molecule has 0 heterocycles. The molecule has 2 aromatic rings. The van der Waals surface area contributed by atoms with Crippen LogP contribution >= 0.6 is 0 Å². The molecule has 1 amide bonds. The molecule has 0 aliphatic heterocycles. The maximum absolute atomic E-state index is 13.5. The molecule has 2 rings (SSSR count). The van der Waals surface area contributed by atoms with Gasteiger partial charge in [0.2, 0.25) is 0 Å². The second kappa shape index (κ2) is 5.52. The van der Waals surface area contributed by atoms with Gasteiger partial charge < -0.3 is 10.2 Å². The van der Waals surface area contributed by atoms with Gasteiger partial charge in [-0.2, -0.15) is 0 Å². The number of carbonyl (C=O) groups is 1. The normalized spacial score (nSPS) is 10.1. The van der Waals surface area contributed by atoms with E-state index in [1.54, 1.807) is 18.2 Å². The van der Waals surface area contributed by atoms with Gasteiger partial charge in [0.15, 0.2) is 0 Å². The molecule has 4 heteroatoms. The Hall–Kier alpha value is -2.36. The Bertz CT molecular complexity index is 596. The van der Waals surface area contributed by atoms with E-state index in [1.165, 1.54) is 12.1 Å². The van der Waals surface area contributed by atoms with Gasteiger partial charge in [0.05, 0.1) is 16.9 Å². The summed E-state index contributed by atoms with van der Waals surface area (Å²) in [6, 6.07) is 13.3. The Labute approximate surface area is 111 Å². The minimum Gasteiger partial charge on any atom is -0.376 e. The van der Waals surface area contributed by atoms with Crippen LogP contribution in [0.4, 0.5) is 15.8 Å². The molecular weight excluding hydrogens is 243 g/mol. The fourth-order valence-electron chi connectivity index (χ4n) is 1.80. The smallest absolute Gasteiger partial charge is 0.258 e. The standard InChI is InChI=1S/C15H15FN2O/c1-18(2)14-10-6-5-9-13(14)17-15(19)11-7-3-4-8-12(11)16/h3-10H,1-2H3,(H,17,19). The topological polar surface area (TPSA) is 32.3 Å². The zero-order valence-corrected chi connectivity index (χ0v) is 10.9. The van der Waals surface area contributed by atoms with Gasteiger partial charge in [-0.3, -0.25) is 4.79 Å². The van der Waals surface area contributed by atoms with Gasteiger partial charge in [-0.05, 0) is 24.3 Å². The zero-order chi connectivity index (χ0) is 13.8. The van der Waals surface area contributed by atoms with Crippen molar-refractivity contribution in [2.24, 2.45) is 0 Å². The van der Waals surface area contributed by atoms with Crippen molar-refractivity contribution in [3.8, 4) is 0 Å². The van der Waals surface area contributed by atoms with Crippen LogP contribution in [0.25, 0.3) is 0 Å². The van der Waals surface area contributed by atoms with E-state index in [4.69, 9.17) is 0 Å². The van der Waals surface area contributed by atoms with E-state index < -0.39 is 11.7 Å². The average molecular weight is 258 g/mol. The predicted octanol–water partition coefficient (Wildman–Crippen LogP) is 3.14. The van der Waals surface area contributed by atoms with Crippen molar-refractivity contribution in [2.75, 3.05) is 24.3 Å². The van der Waals surface area contributed by atoms with Crippen LogP contribution in [0.5, 0.6) is 0 Å². The number of benzene rings is 2. The molecule has 0 radical (unpaired) electrons. The van der Waals surface area contributed by atoms with Crippen molar-refractivity contribution >= 4 is 17.3 Å². The Kier molecular flexibility index (Phi) is 3.80. The lowest BCUT2D eigenvalue weighted by molar-refractivity contribution is 0.102. The molecule has 0 aliphatic rings. The quantitative estimate of drug-likeness (QED) is 0.917. The summed E-state index contributed by atoms with van der Waals surface area (Å²) >= 11 is 0. The molecule has 2 aromatic carbocycles. The third kappa shape index (κ3) is 2.91. The molecule has 0 atom stereocenters. The van der Waals surface area contributed by atoms with Gasteiger partial charge in [-0.25, -0.2) is 4.39 Å². The lowest BCUT2D eigenvalue weighted by atomic mass is 10.2. The van der Waals surface area contributed by atoms with Gasteiger partial charge in [0, 0.05) is 14.1 Å². The molecule has 0 spiro atoms. The molecule has 0 saturated heterocycles. The van der Waals surface area contributed by atoms with Crippen LogP contribution in [-0.4, -0.2) is 20.0 Å². The first-order valence-electron chi connectivity index (χ1n) is 5.92. The first-order valence-corrected chi connectivity index (χ1v) is 5.92. The Morgan fingerprint density at radius 1 is 1.05 bits per heavy atom. The van der Waals surface area contributed by atoms with E-state index in [9.17, 15) is 9.18 Å². The molecular formula is C15H15FN2O. The van der Waals surface area contributed by atoms with Gasteiger partial charge in [0.25, 0.3) is 5.91 Å². The van der Waals surface area contributed by atoms with Crippen LogP contribution in [0.1, 0.15) is 10.4 Å². The molecule has 0 aromatic heterocycles. The number of hydrogen-bond donors (Lipinski definition) is 1. The summed E-state index contributed by atoms with van der Waals surface area (Å²) < 4.78 is 13.5. The number of halogens is 1. The van der Waals surface area contributed by atoms with Crippen molar-refractivity contribution in [3.63, 3.8) is 0 Å². The summed E-state index contributed by atoms with van der Waals surface area (Å²) in [5.74, 6) is -0.977. The molecule has 0 fully saturated rings. The number of nitrogens with zero attached hydrogens (tertiary/aromatic N) is 1. The van der Waals surface area contributed by atoms with Gasteiger partial charge in [-0.15, -0.1) is 0 Å².